The van der Waals surface area contributed by atoms with E-state index in [0.29, 0.717) is 18.0 Å². The number of amides is 1. The first kappa shape index (κ1) is 14.8. The number of nitrogens with two attached hydrogens (primary N) is 1. The van der Waals surface area contributed by atoms with Crippen molar-refractivity contribution >= 4 is 17.3 Å². The van der Waals surface area contributed by atoms with Gasteiger partial charge in [0.05, 0.1) is 0 Å². The summed E-state index contributed by atoms with van der Waals surface area (Å²) >= 11 is 0. The molecule has 5 heteroatoms. The maximum absolute atomic E-state index is 11.9. The number of benzene rings is 1. The van der Waals surface area contributed by atoms with E-state index >= 15 is 0 Å². The number of hydrogen-bond acceptors (Lipinski definition) is 4. The van der Waals surface area contributed by atoms with E-state index < -0.39 is 0 Å². The molecule has 1 fully saturated rings. The van der Waals surface area contributed by atoms with Crippen molar-refractivity contribution in [3.8, 4) is 0 Å². The molecule has 4 N–H and O–H groups in total. The zero-order valence-corrected chi connectivity index (χ0v) is 11.9. The van der Waals surface area contributed by atoms with Crippen LogP contribution in [0.5, 0.6) is 0 Å². The first-order chi connectivity index (χ1) is 9.58. The van der Waals surface area contributed by atoms with E-state index in [2.05, 4.69) is 10.2 Å². The third-order valence-corrected chi connectivity index (χ3v) is 3.81. The standard InChI is InChI=1S/C15H23N3O2/c1-11-8-13(16)2-3-14(11)17-15(20)5-7-18-6-4-12(9-18)10-19/h2-3,8,12,19H,4-7,9-10,16H2,1H3,(H,17,20). The Bertz CT molecular complexity index is 476. The van der Waals surface area contributed by atoms with Crippen LogP contribution >= 0.6 is 0 Å². The molecule has 1 atom stereocenters. The lowest BCUT2D eigenvalue weighted by Gasteiger charge is -2.15. The Morgan fingerprint density at radius 2 is 2.35 bits per heavy atom. The summed E-state index contributed by atoms with van der Waals surface area (Å²) in [6, 6.07) is 5.47. The van der Waals surface area contributed by atoms with Crippen molar-refractivity contribution in [3.05, 3.63) is 23.8 Å². The molecule has 1 aromatic rings. The molecule has 1 aromatic carbocycles. The Balaban J connectivity index is 1.78. The summed E-state index contributed by atoms with van der Waals surface area (Å²) in [5, 5.41) is 12.0. The average Bonchev–Trinajstić information content (AvgIpc) is 2.88. The Morgan fingerprint density at radius 1 is 1.55 bits per heavy atom. The van der Waals surface area contributed by atoms with E-state index in [1.54, 1.807) is 6.07 Å². The van der Waals surface area contributed by atoms with Crippen molar-refractivity contribution in [2.45, 2.75) is 19.8 Å². The molecule has 0 saturated carbocycles. The van der Waals surface area contributed by atoms with Crippen molar-refractivity contribution in [3.63, 3.8) is 0 Å². The van der Waals surface area contributed by atoms with Crippen LogP contribution in [0.25, 0.3) is 0 Å². The number of aliphatic hydroxyl groups is 1. The van der Waals surface area contributed by atoms with Crippen molar-refractivity contribution in [1.82, 2.24) is 4.90 Å². The predicted octanol–water partition coefficient (Wildman–Crippen LogP) is 1.22. The van der Waals surface area contributed by atoms with E-state index in [9.17, 15) is 4.79 Å². The van der Waals surface area contributed by atoms with Crippen molar-refractivity contribution in [2.75, 3.05) is 37.3 Å². The number of carbonyl (C=O) groups is 1. The lowest BCUT2D eigenvalue weighted by atomic mass is 10.1. The number of nitrogen functional groups attached to an aromatic ring is 1. The van der Waals surface area contributed by atoms with Gasteiger partial charge in [-0.1, -0.05) is 0 Å². The number of nitrogens with one attached hydrogen (secondary N) is 1. The lowest BCUT2D eigenvalue weighted by Crippen LogP contribution is -2.26. The van der Waals surface area contributed by atoms with E-state index in [-0.39, 0.29) is 12.5 Å². The number of nitrogens with zero attached hydrogens (tertiary/aromatic N) is 1. The van der Waals surface area contributed by atoms with Gasteiger partial charge in [-0.3, -0.25) is 4.79 Å². The molecule has 2 rings (SSSR count). The van der Waals surface area contributed by atoms with E-state index in [0.717, 1.165) is 37.3 Å². The van der Waals surface area contributed by atoms with Gasteiger partial charge in [-0.15, -0.1) is 0 Å². The van der Waals surface area contributed by atoms with Gasteiger partial charge in [0.1, 0.15) is 0 Å². The zero-order chi connectivity index (χ0) is 14.5. The number of hydrogen-bond donors (Lipinski definition) is 3. The molecule has 20 heavy (non-hydrogen) atoms. The quantitative estimate of drug-likeness (QED) is 0.707. The number of carbonyl (C=O) groups excluding carboxylic acids is 1. The fourth-order valence-corrected chi connectivity index (χ4v) is 2.56. The summed E-state index contributed by atoms with van der Waals surface area (Å²) in [4.78, 5) is 14.2. The van der Waals surface area contributed by atoms with Gasteiger partial charge in [0.2, 0.25) is 5.91 Å². The third-order valence-electron chi connectivity index (χ3n) is 3.81. The van der Waals surface area contributed by atoms with Gasteiger partial charge < -0.3 is 21.1 Å². The van der Waals surface area contributed by atoms with Crippen LogP contribution in [0.4, 0.5) is 11.4 Å². The lowest BCUT2D eigenvalue weighted by molar-refractivity contribution is -0.116. The van der Waals surface area contributed by atoms with Gasteiger partial charge in [0.25, 0.3) is 0 Å². The maximum Gasteiger partial charge on any atom is 0.225 e. The number of aliphatic hydroxyl groups excluding tert-OH is 1. The second-order valence-electron chi connectivity index (χ2n) is 5.51. The number of rotatable bonds is 5. The van der Waals surface area contributed by atoms with Crippen LogP contribution in [0.2, 0.25) is 0 Å². The number of anilines is 2. The monoisotopic (exact) mass is 277 g/mol. The average molecular weight is 277 g/mol. The molecule has 1 unspecified atom stereocenters. The van der Waals surface area contributed by atoms with Gasteiger partial charge in [-0.25, -0.2) is 0 Å². The van der Waals surface area contributed by atoms with Crippen LogP contribution in [0, 0.1) is 12.8 Å². The highest BCUT2D eigenvalue weighted by molar-refractivity contribution is 5.91. The molecule has 1 amide bonds. The van der Waals surface area contributed by atoms with Crippen LogP contribution in [0.1, 0.15) is 18.4 Å². The van der Waals surface area contributed by atoms with E-state index in [1.807, 2.05) is 19.1 Å². The summed E-state index contributed by atoms with van der Waals surface area (Å²) in [6.45, 7) is 4.78. The second-order valence-corrected chi connectivity index (χ2v) is 5.51. The molecule has 1 saturated heterocycles. The first-order valence-corrected chi connectivity index (χ1v) is 7.07. The minimum Gasteiger partial charge on any atom is -0.399 e. The normalized spacial score (nSPS) is 19.2. The highest BCUT2D eigenvalue weighted by atomic mass is 16.3. The Hall–Kier alpha value is -1.59. The number of aryl methyl sites for hydroxylation is 1. The van der Waals surface area contributed by atoms with Crippen molar-refractivity contribution < 1.29 is 9.90 Å². The van der Waals surface area contributed by atoms with E-state index in [4.69, 9.17) is 10.8 Å². The zero-order valence-electron chi connectivity index (χ0n) is 11.9. The molecule has 0 spiro atoms. The molecular formula is C15H23N3O2. The molecular weight excluding hydrogens is 254 g/mol. The van der Waals surface area contributed by atoms with E-state index in [1.165, 1.54) is 0 Å². The van der Waals surface area contributed by atoms with Crippen LogP contribution in [-0.4, -0.2) is 42.2 Å². The van der Waals surface area contributed by atoms with Crippen LogP contribution in [0.15, 0.2) is 18.2 Å². The SMILES string of the molecule is Cc1cc(N)ccc1NC(=O)CCN1CCC(CO)C1. The fourth-order valence-electron chi connectivity index (χ4n) is 2.56. The highest BCUT2D eigenvalue weighted by Crippen LogP contribution is 2.18. The Labute approximate surface area is 119 Å². The Kier molecular flexibility index (Phi) is 4.98. The molecule has 0 aliphatic carbocycles. The third kappa shape index (κ3) is 3.95. The van der Waals surface area contributed by atoms with Crippen LogP contribution < -0.4 is 11.1 Å². The first-order valence-electron chi connectivity index (χ1n) is 7.07. The van der Waals surface area contributed by atoms with Gasteiger partial charge in [0, 0.05) is 37.5 Å². The minimum absolute atomic E-state index is 0.0188. The summed E-state index contributed by atoms with van der Waals surface area (Å²) in [5.74, 6) is 0.391. The summed E-state index contributed by atoms with van der Waals surface area (Å²) < 4.78 is 0. The predicted molar refractivity (Wildman–Crippen MR) is 80.5 cm³/mol. The molecule has 1 aliphatic heterocycles. The molecule has 0 aromatic heterocycles. The summed E-state index contributed by atoms with van der Waals surface area (Å²) in [5.41, 5.74) is 8.18. The summed E-state index contributed by atoms with van der Waals surface area (Å²) in [7, 11) is 0. The highest BCUT2D eigenvalue weighted by Gasteiger charge is 2.21. The van der Waals surface area contributed by atoms with Crippen LogP contribution in [-0.2, 0) is 4.79 Å². The molecule has 5 nitrogen and oxygen atoms in total. The largest absolute Gasteiger partial charge is 0.399 e. The van der Waals surface area contributed by atoms with Crippen LogP contribution in [0.3, 0.4) is 0 Å². The van der Waals surface area contributed by atoms with Crippen molar-refractivity contribution in [1.29, 1.82) is 0 Å². The van der Waals surface area contributed by atoms with Crippen molar-refractivity contribution in [2.24, 2.45) is 5.92 Å². The summed E-state index contributed by atoms with van der Waals surface area (Å²) in [6.07, 6.45) is 1.50. The van der Waals surface area contributed by atoms with Gasteiger partial charge >= 0.3 is 0 Å². The topological polar surface area (TPSA) is 78.6 Å². The molecule has 110 valence electrons. The molecule has 0 radical (unpaired) electrons. The Morgan fingerprint density at radius 3 is 3.00 bits per heavy atom. The molecule has 1 aliphatic rings. The number of likely N-dealkylation sites (tertiary alicyclic amines) is 1. The van der Waals surface area contributed by atoms with Gasteiger partial charge in [-0.2, -0.15) is 0 Å². The van der Waals surface area contributed by atoms with Gasteiger partial charge in [0.15, 0.2) is 0 Å². The second kappa shape index (κ2) is 6.72. The smallest absolute Gasteiger partial charge is 0.225 e. The molecule has 0 bridgehead atoms. The molecule has 1 heterocycles. The maximum atomic E-state index is 11.9. The van der Waals surface area contributed by atoms with Gasteiger partial charge in [-0.05, 0) is 49.6 Å². The fraction of sp³-hybridized carbons (Fsp3) is 0.533. The minimum atomic E-state index is 0.0188.